The molecule has 3 aromatic carbocycles. The van der Waals surface area contributed by atoms with Gasteiger partial charge in [-0.1, -0.05) is 24.3 Å². The van der Waals surface area contributed by atoms with Crippen molar-refractivity contribution in [2.24, 2.45) is 0 Å². The fourth-order valence-corrected chi connectivity index (χ4v) is 7.49. The quantitative estimate of drug-likeness (QED) is 0.201. The molecule has 5 rings (SSSR count). The van der Waals surface area contributed by atoms with Gasteiger partial charge in [-0.3, -0.25) is 16.7 Å². The standard InChI is InChI=1S/C24H22N4O12S4/c1-37-41(29,30)15-9-17-21(19(11-15)43(33,34)39-3)27-23(25-17)13-5-7-14(8-6-13)24-26-18-10-16(42(31,32)38-2)12-20(22(18)28-24)44(35,36)40-4/h5-12H,1-4H3,(H,25,27)(H,26,28). The molecule has 0 saturated carbocycles. The fraction of sp³-hybridized carbons (Fsp3) is 0.167. The Kier molecular flexibility index (Phi) is 7.91. The number of fused-ring (bicyclic) bond motifs is 2. The van der Waals surface area contributed by atoms with Gasteiger partial charge in [-0.15, -0.1) is 0 Å². The van der Waals surface area contributed by atoms with Crippen LogP contribution in [0, 0.1) is 0 Å². The molecule has 16 nitrogen and oxygen atoms in total. The van der Waals surface area contributed by atoms with Crippen LogP contribution in [0.4, 0.5) is 0 Å². The highest BCUT2D eigenvalue weighted by molar-refractivity contribution is 7.88. The SMILES string of the molecule is COS(=O)(=O)c1cc(S(=O)(=O)OC)c2nc(-c3ccc(-c4nc5c(S(=O)(=O)OC)cc(S(=O)(=O)OC)cc5[nH]4)cc3)[nH]c2c1. The van der Waals surface area contributed by atoms with Gasteiger partial charge < -0.3 is 9.97 Å². The lowest BCUT2D eigenvalue weighted by atomic mass is 10.1. The lowest BCUT2D eigenvalue weighted by Crippen LogP contribution is -2.08. The van der Waals surface area contributed by atoms with Crippen molar-refractivity contribution in [3.05, 3.63) is 48.5 Å². The molecule has 44 heavy (non-hydrogen) atoms. The Hall–Kier alpha value is -3.76. The van der Waals surface area contributed by atoms with Crippen LogP contribution in [0.3, 0.4) is 0 Å². The number of benzene rings is 3. The van der Waals surface area contributed by atoms with Crippen LogP contribution in [0.25, 0.3) is 44.8 Å². The third kappa shape index (κ3) is 5.49. The molecular weight excluding hydrogens is 665 g/mol. The summed E-state index contributed by atoms with van der Waals surface area (Å²) in [6, 6.07) is 10.5. The minimum absolute atomic E-state index is 0.0730. The number of nitrogens with one attached hydrogen (secondary N) is 2. The molecular formula is C24H22N4O12S4. The van der Waals surface area contributed by atoms with E-state index in [-0.39, 0.29) is 33.7 Å². The van der Waals surface area contributed by atoms with E-state index >= 15 is 0 Å². The highest BCUT2D eigenvalue weighted by Gasteiger charge is 2.27. The average Bonchev–Trinajstić information content (AvgIpc) is 3.64. The Bertz CT molecular complexity index is 2210. The van der Waals surface area contributed by atoms with Crippen LogP contribution in [0.1, 0.15) is 0 Å². The Morgan fingerprint density at radius 1 is 0.500 bits per heavy atom. The predicted molar refractivity (Wildman–Crippen MR) is 153 cm³/mol. The molecule has 0 saturated heterocycles. The fourth-order valence-electron chi connectivity index (χ4n) is 4.22. The Morgan fingerprint density at radius 3 is 1.11 bits per heavy atom. The highest BCUT2D eigenvalue weighted by Crippen LogP contribution is 2.33. The van der Waals surface area contributed by atoms with Gasteiger partial charge in [-0.05, 0) is 24.3 Å². The van der Waals surface area contributed by atoms with Crippen LogP contribution in [-0.4, -0.2) is 82.0 Å². The number of H-pyrrole nitrogens is 2. The normalized spacial score (nSPS) is 13.2. The molecule has 234 valence electrons. The van der Waals surface area contributed by atoms with Gasteiger partial charge in [-0.25, -0.2) is 9.97 Å². The predicted octanol–water partition coefficient (Wildman–Crippen LogP) is 2.11. The molecule has 5 aromatic rings. The zero-order chi connectivity index (χ0) is 32.2. The van der Waals surface area contributed by atoms with Gasteiger partial charge in [0.15, 0.2) is 0 Å². The van der Waals surface area contributed by atoms with Crippen molar-refractivity contribution in [3.63, 3.8) is 0 Å². The van der Waals surface area contributed by atoms with Gasteiger partial charge in [0.1, 0.15) is 32.5 Å². The van der Waals surface area contributed by atoms with Crippen LogP contribution in [0.2, 0.25) is 0 Å². The summed E-state index contributed by atoms with van der Waals surface area (Å²) in [5.74, 6) is 0.358. The lowest BCUT2D eigenvalue weighted by molar-refractivity contribution is 0.394. The number of imidazole rings is 2. The maximum absolute atomic E-state index is 12.6. The number of rotatable bonds is 10. The Morgan fingerprint density at radius 2 is 0.818 bits per heavy atom. The van der Waals surface area contributed by atoms with Crippen LogP contribution in [0.5, 0.6) is 0 Å². The maximum Gasteiger partial charge on any atom is 0.299 e. The third-order valence-electron chi connectivity index (χ3n) is 6.48. The van der Waals surface area contributed by atoms with Gasteiger partial charge in [-0.2, -0.15) is 33.7 Å². The van der Waals surface area contributed by atoms with E-state index in [9.17, 15) is 33.7 Å². The summed E-state index contributed by atoms with van der Waals surface area (Å²) in [6.07, 6.45) is 0. The number of aromatic nitrogens is 4. The largest absolute Gasteiger partial charge is 0.338 e. The summed E-state index contributed by atoms with van der Waals surface area (Å²) in [5.41, 5.74) is 0.898. The number of hydrogen-bond donors (Lipinski definition) is 2. The molecule has 0 spiro atoms. The topological polar surface area (TPSA) is 231 Å². The van der Waals surface area contributed by atoms with Crippen LogP contribution in [0.15, 0.2) is 68.1 Å². The maximum atomic E-state index is 12.6. The second-order valence-corrected chi connectivity index (χ2v) is 15.7. The third-order valence-corrected chi connectivity index (χ3v) is 11.6. The van der Waals surface area contributed by atoms with E-state index < -0.39 is 60.1 Å². The first kappa shape index (κ1) is 31.7. The van der Waals surface area contributed by atoms with Crippen LogP contribution in [-0.2, 0) is 57.2 Å². The molecule has 0 aliphatic carbocycles. The molecule has 0 atom stereocenters. The first-order valence-corrected chi connectivity index (χ1v) is 17.6. The summed E-state index contributed by atoms with van der Waals surface area (Å²) < 4.78 is 118. The molecule has 0 unspecified atom stereocenters. The second-order valence-electron chi connectivity index (χ2n) is 8.87. The van der Waals surface area contributed by atoms with Gasteiger partial charge >= 0.3 is 0 Å². The molecule has 20 heteroatoms. The van der Waals surface area contributed by atoms with Crippen molar-refractivity contribution in [1.82, 2.24) is 19.9 Å². The molecule has 2 aromatic heterocycles. The Balaban J connectivity index is 1.62. The molecule has 0 amide bonds. The molecule has 2 heterocycles. The van der Waals surface area contributed by atoms with E-state index in [0.717, 1.165) is 40.6 Å². The molecule has 0 bridgehead atoms. The summed E-state index contributed by atoms with van der Waals surface area (Å²) in [7, 11) is -13.6. The average molecular weight is 687 g/mol. The van der Waals surface area contributed by atoms with Gasteiger partial charge in [0.05, 0.1) is 49.3 Å². The van der Waals surface area contributed by atoms with Gasteiger partial charge in [0, 0.05) is 11.1 Å². The van der Waals surface area contributed by atoms with E-state index in [4.69, 9.17) is 0 Å². The molecule has 0 radical (unpaired) electrons. The first-order chi connectivity index (χ1) is 20.6. The van der Waals surface area contributed by atoms with Crippen molar-refractivity contribution in [2.45, 2.75) is 19.6 Å². The van der Waals surface area contributed by atoms with E-state index in [2.05, 4.69) is 36.7 Å². The molecule has 0 aliphatic heterocycles. The van der Waals surface area contributed by atoms with Gasteiger partial charge in [0.25, 0.3) is 40.5 Å². The number of hydrogen-bond acceptors (Lipinski definition) is 14. The van der Waals surface area contributed by atoms with Crippen LogP contribution >= 0.6 is 0 Å². The zero-order valence-electron chi connectivity index (χ0n) is 23.0. The summed E-state index contributed by atoms with van der Waals surface area (Å²) in [5, 5.41) is 0. The summed E-state index contributed by atoms with van der Waals surface area (Å²) >= 11 is 0. The molecule has 2 N–H and O–H groups in total. The van der Waals surface area contributed by atoms with Gasteiger partial charge in [0.2, 0.25) is 0 Å². The lowest BCUT2D eigenvalue weighted by Gasteiger charge is -2.06. The minimum Gasteiger partial charge on any atom is -0.338 e. The first-order valence-electron chi connectivity index (χ1n) is 12.0. The summed E-state index contributed by atoms with van der Waals surface area (Å²) in [4.78, 5) is 12.6. The Labute approximate surface area is 251 Å². The van der Waals surface area contributed by atoms with Crippen molar-refractivity contribution >= 4 is 62.5 Å². The van der Waals surface area contributed by atoms with Crippen molar-refractivity contribution < 1.29 is 50.4 Å². The van der Waals surface area contributed by atoms with Crippen LogP contribution < -0.4 is 0 Å². The molecule has 0 aliphatic rings. The monoisotopic (exact) mass is 686 g/mol. The number of aromatic amines is 2. The van der Waals surface area contributed by atoms with Crippen molar-refractivity contribution in [2.75, 3.05) is 28.4 Å². The highest BCUT2D eigenvalue weighted by atomic mass is 32.2. The van der Waals surface area contributed by atoms with E-state index in [1.54, 1.807) is 24.3 Å². The molecule has 0 fully saturated rings. The number of nitrogens with zero attached hydrogens (tertiary/aromatic N) is 2. The van der Waals surface area contributed by atoms with Crippen molar-refractivity contribution in [3.8, 4) is 22.8 Å². The smallest absolute Gasteiger partial charge is 0.299 e. The minimum atomic E-state index is -4.38. The summed E-state index contributed by atoms with van der Waals surface area (Å²) in [6.45, 7) is 0. The van der Waals surface area contributed by atoms with E-state index in [1.807, 2.05) is 0 Å². The van der Waals surface area contributed by atoms with E-state index in [0.29, 0.717) is 11.1 Å². The second kappa shape index (κ2) is 11.0. The van der Waals surface area contributed by atoms with E-state index in [1.165, 1.54) is 12.1 Å². The zero-order valence-corrected chi connectivity index (χ0v) is 26.3. The van der Waals surface area contributed by atoms with Crippen molar-refractivity contribution in [1.29, 1.82) is 0 Å².